The van der Waals surface area contributed by atoms with Crippen LogP contribution in [0.5, 0.6) is 0 Å². The lowest BCUT2D eigenvalue weighted by Crippen LogP contribution is -2.22. The van der Waals surface area contributed by atoms with E-state index in [0.29, 0.717) is 13.2 Å². The van der Waals surface area contributed by atoms with Crippen LogP contribution in [-0.2, 0) is 19.1 Å². The van der Waals surface area contributed by atoms with Crippen LogP contribution in [0.4, 0.5) is 0 Å². The third-order valence-electron chi connectivity index (χ3n) is 1.71. The lowest BCUT2D eigenvalue weighted by Gasteiger charge is -2.09. The van der Waals surface area contributed by atoms with E-state index in [0.717, 1.165) is 0 Å². The van der Waals surface area contributed by atoms with E-state index >= 15 is 0 Å². The standard InChI is InChI=1S/C10H17NO4/c1-4-14-9(12)7-6-8(11-3)10(13)15-5-2/h8H,3-7H2,1-2H3/t8-/m0/s1. The van der Waals surface area contributed by atoms with Crippen LogP contribution in [0.2, 0.25) is 0 Å². The van der Waals surface area contributed by atoms with Gasteiger partial charge in [-0.15, -0.1) is 0 Å². The van der Waals surface area contributed by atoms with Gasteiger partial charge >= 0.3 is 11.9 Å². The normalized spacial score (nSPS) is 11.6. The van der Waals surface area contributed by atoms with Gasteiger partial charge < -0.3 is 9.47 Å². The van der Waals surface area contributed by atoms with Gasteiger partial charge in [0.2, 0.25) is 0 Å². The molecule has 0 rings (SSSR count). The third-order valence-corrected chi connectivity index (χ3v) is 1.71. The number of rotatable bonds is 7. The van der Waals surface area contributed by atoms with E-state index in [1.54, 1.807) is 13.8 Å². The van der Waals surface area contributed by atoms with Gasteiger partial charge in [-0.1, -0.05) is 0 Å². The van der Waals surface area contributed by atoms with Crippen molar-refractivity contribution in [2.75, 3.05) is 13.2 Å². The molecule has 0 aliphatic heterocycles. The Morgan fingerprint density at radius 3 is 2.33 bits per heavy atom. The van der Waals surface area contributed by atoms with Crippen LogP contribution in [-0.4, -0.2) is 37.9 Å². The predicted octanol–water partition coefficient (Wildman–Crippen LogP) is 0.962. The van der Waals surface area contributed by atoms with E-state index in [2.05, 4.69) is 11.7 Å². The second-order valence-electron chi connectivity index (χ2n) is 2.79. The van der Waals surface area contributed by atoms with Crippen LogP contribution in [0.3, 0.4) is 0 Å². The van der Waals surface area contributed by atoms with Crippen molar-refractivity contribution in [3.63, 3.8) is 0 Å². The molecule has 5 heteroatoms. The first kappa shape index (κ1) is 13.6. The number of ether oxygens (including phenoxy) is 2. The fourth-order valence-electron chi connectivity index (χ4n) is 1.01. The quantitative estimate of drug-likeness (QED) is 0.468. The van der Waals surface area contributed by atoms with Gasteiger partial charge in [-0.2, -0.15) is 0 Å². The fraction of sp³-hybridized carbons (Fsp3) is 0.700. The van der Waals surface area contributed by atoms with Gasteiger partial charge in [0.05, 0.1) is 13.2 Å². The minimum Gasteiger partial charge on any atom is -0.466 e. The number of hydrogen-bond donors (Lipinski definition) is 0. The number of hydrogen-bond acceptors (Lipinski definition) is 5. The van der Waals surface area contributed by atoms with Crippen molar-refractivity contribution in [1.82, 2.24) is 0 Å². The summed E-state index contributed by atoms with van der Waals surface area (Å²) in [6.07, 6.45) is 0.428. The molecule has 0 aliphatic carbocycles. The summed E-state index contributed by atoms with van der Waals surface area (Å²) in [6.45, 7) is 7.36. The van der Waals surface area contributed by atoms with Crippen LogP contribution < -0.4 is 0 Å². The van der Waals surface area contributed by atoms with Crippen molar-refractivity contribution in [3.05, 3.63) is 0 Å². The van der Waals surface area contributed by atoms with Crippen LogP contribution in [0, 0.1) is 0 Å². The van der Waals surface area contributed by atoms with Gasteiger partial charge in [-0.25, -0.2) is 4.79 Å². The van der Waals surface area contributed by atoms with Gasteiger partial charge in [-0.3, -0.25) is 9.79 Å². The molecule has 0 aromatic carbocycles. The van der Waals surface area contributed by atoms with Gasteiger partial charge in [0.25, 0.3) is 0 Å². The first-order chi connectivity index (χ1) is 7.15. The molecule has 0 spiro atoms. The van der Waals surface area contributed by atoms with E-state index in [1.165, 1.54) is 0 Å². The summed E-state index contributed by atoms with van der Waals surface area (Å²) in [7, 11) is 0. The minimum absolute atomic E-state index is 0.149. The maximum absolute atomic E-state index is 11.2. The van der Waals surface area contributed by atoms with Gasteiger partial charge in [0.1, 0.15) is 6.04 Å². The molecule has 0 fully saturated rings. The zero-order valence-electron chi connectivity index (χ0n) is 9.19. The van der Waals surface area contributed by atoms with E-state index < -0.39 is 12.0 Å². The molecule has 0 saturated heterocycles. The lowest BCUT2D eigenvalue weighted by molar-refractivity contribution is -0.146. The summed E-state index contributed by atoms with van der Waals surface area (Å²) in [5.41, 5.74) is 0. The molecule has 0 aromatic rings. The average Bonchev–Trinajstić information content (AvgIpc) is 2.19. The SMILES string of the molecule is C=N[C@@H](CCC(=O)OCC)C(=O)OCC. The van der Waals surface area contributed by atoms with Crippen molar-refractivity contribution in [3.8, 4) is 0 Å². The molecule has 0 N–H and O–H groups in total. The maximum Gasteiger partial charge on any atom is 0.330 e. The highest BCUT2D eigenvalue weighted by Gasteiger charge is 2.18. The van der Waals surface area contributed by atoms with Crippen LogP contribution in [0.25, 0.3) is 0 Å². The first-order valence-electron chi connectivity index (χ1n) is 4.93. The molecular weight excluding hydrogens is 198 g/mol. The lowest BCUT2D eigenvalue weighted by atomic mass is 10.1. The maximum atomic E-state index is 11.2. The highest BCUT2D eigenvalue weighted by Crippen LogP contribution is 2.05. The van der Waals surface area contributed by atoms with Crippen LogP contribution in [0.15, 0.2) is 4.99 Å². The number of esters is 2. The Labute approximate surface area is 89.5 Å². The summed E-state index contributed by atoms with van der Waals surface area (Å²) >= 11 is 0. The Morgan fingerprint density at radius 2 is 1.87 bits per heavy atom. The van der Waals surface area contributed by atoms with E-state index in [9.17, 15) is 9.59 Å². The van der Waals surface area contributed by atoms with Crippen molar-refractivity contribution in [2.45, 2.75) is 32.7 Å². The number of aliphatic imine (C=N–C) groups is 1. The van der Waals surface area contributed by atoms with E-state index in [4.69, 9.17) is 9.47 Å². The van der Waals surface area contributed by atoms with Crippen LogP contribution in [0.1, 0.15) is 26.7 Å². The largest absolute Gasteiger partial charge is 0.466 e. The first-order valence-corrected chi connectivity index (χ1v) is 4.93. The summed E-state index contributed by atoms with van der Waals surface area (Å²) in [4.78, 5) is 25.9. The molecule has 5 nitrogen and oxygen atoms in total. The van der Waals surface area contributed by atoms with Gasteiger partial charge in [-0.05, 0) is 27.0 Å². The third kappa shape index (κ3) is 5.83. The Bertz CT molecular complexity index is 227. The summed E-state index contributed by atoms with van der Waals surface area (Å²) < 4.78 is 9.49. The zero-order chi connectivity index (χ0) is 11.7. The molecule has 0 bridgehead atoms. The summed E-state index contributed by atoms with van der Waals surface area (Å²) in [5, 5.41) is 0. The van der Waals surface area contributed by atoms with Crippen LogP contribution >= 0.6 is 0 Å². The smallest absolute Gasteiger partial charge is 0.330 e. The topological polar surface area (TPSA) is 65.0 Å². The Kier molecular flexibility index (Phi) is 7.23. The van der Waals surface area contributed by atoms with Crippen molar-refractivity contribution < 1.29 is 19.1 Å². The van der Waals surface area contributed by atoms with Crippen molar-refractivity contribution >= 4 is 18.7 Å². The molecule has 1 atom stereocenters. The molecule has 15 heavy (non-hydrogen) atoms. The number of nitrogens with zero attached hydrogens (tertiary/aromatic N) is 1. The summed E-state index contributed by atoms with van der Waals surface area (Å²) in [5.74, 6) is -0.785. The average molecular weight is 215 g/mol. The minimum atomic E-state index is -0.672. The Morgan fingerprint density at radius 1 is 1.27 bits per heavy atom. The van der Waals surface area contributed by atoms with Gasteiger partial charge in [0.15, 0.2) is 0 Å². The number of carbonyl (C=O) groups is 2. The monoisotopic (exact) mass is 215 g/mol. The van der Waals surface area contributed by atoms with Crippen molar-refractivity contribution in [2.24, 2.45) is 4.99 Å². The molecule has 0 amide bonds. The van der Waals surface area contributed by atoms with Gasteiger partial charge in [0, 0.05) is 6.42 Å². The second kappa shape index (κ2) is 7.96. The summed E-state index contributed by atoms with van der Waals surface area (Å²) in [6, 6.07) is -0.672. The molecule has 0 radical (unpaired) electrons. The number of carbonyl (C=O) groups excluding carboxylic acids is 2. The Hall–Kier alpha value is -1.39. The molecular formula is C10H17NO4. The fourth-order valence-corrected chi connectivity index (χ4v) is 1.01. The molecule has 0 aliphatic rings. The zero-order valence-corrected chi connectivity index (χ0v) is 9.19. The highest BCUT2D eigenvalue weighted by molar-refractivity contribution is 5.78. The molecule has 86 valence electrons. The van der Waals surface area contributed by atoms with E-state index in [-0.39, 0.29) is 18.8 Å². The Balaban J connectivity index is 3.94. The van der Waals surface area contributed by atoms with E-state index in [1.807, 2.05) is 0 Å². The molecule has 0 unspecified atom stereocenters. The predicted molar refractivity (Wildman–Crippen MR) is 55.8 cm³/mol. The second-order valence-corrected chi connectivity index (χ2v) is 2.79. The molecule has 0 saturated carbocycles. The molecule has 0 aromatic heterocycles. The molecule has 0 heterocycles. The highest BCUT2D eigenvalue weighted by atomic mass is 16.5. The van der Waals surface area contributed by atoms with Crippen molar-refractivity contribution in [1.29, 1.82) is 0 Å².